The van der Waals surface area contributed by atoms with Crippen LogP contribution < -0.4 is 5.32 Å². The van der Waals surface area contributed by atoms with Gasteiger partial charge in [0.05, 0.1) is 11.5 Å². The fraction of sp³-hybridized carbons (Fsp3) is 0.533. The van der Waals surface area contributed by atoms with Gasteiger partial charge in [0.2, 0.25) is 0 Å². The lowest BCUT2D eigenvalue weighted by Gasteiger charge is -2.31. The number of para-hydroxylation sites is 1. The van der Waals surface area contributed by atoms with Crippen molar-refractivity contribution in [2.75, 3.05) is 23.4 Å². The maximum absolute atomic E-state index is 11.7. The SMILES string of the molecule is CCCN(C(=S)Nc1ccccc1C)[C@H]1CCS(=O)(=O)C1. The summed E-state index contributed by atoms with van der Waals surface area (Å²) in [4.78, 5) is 2.03. The van der Waals surface area contributed by atoms with E-state index in [1.807, 2.05) is 36.1 Å². The summed E-state index contributed by atoms with van der Waals surface area (Å²) in [5.74, 6) is 0.480. The average molecular weight is 326 g/mol. The molecular formula is C15H22N2O2S2. The maximum Gasteiger partial charge on any atom is 0.173 e. The van der Waals surface area contributed by atoms with Crippen LogP contribution in [-0.4, -0.2) is 42.5 Å². The Morgan fingerprint density at radius 3 is 2.71 bits per heavy atom. The molecule has 1 aliphatic heterocycles. The molecule has 0 spiro atoms. The van der Waals surface area contributed by atoms with Crippen LogP contribution in [0.4, 0.5) is 5.69 Å². The quantitative estimate of drug-likeness (QED) is 0.862. The van der Waals surface area contributed by atoms with E-state index < -0.39 is 9.84 Å². The Labute approximate surface area is 132 Å². The van der Waals surface area contributed by atoms with Crippen LogP contribution in [0.3, 0.4) is 0 Å². The van der Waals surface area contributed by atoms with Gasteiger partial charge < -0.3 is 10.2 Å². The maximum atomic E-state index is 11.7. The Bertz CT molecular complexity index is 614. The molecule has 1 fully saturated rings. The van der Waals surface area contributed by atoms with Crippen molar-refractivity contribution in [2.24, 2.45) is 0 Å². The Hall–Kier alpha value is -1.14. The second-order valence-corrected chi connectivity index (χ2v) is 8.11. The minimum atomic E-state index is -2.90. The molecule has 1 aromatic carbocycles. The van der Waals surface area contributed by atoms with Gasteiger partial charge in [-0.05, 0) is 43.6 Å². The molecule has 0 bridgehead atoms. The number of sulfone groups is 1. The summed E-state index contributed by atoms with van der Waals surface area (Å²) in [5.41, 5.74) is 2.10. The second-order valence-electron chi connectivity index (χ2n) is 5.50. The van der Waals surface area contributed by atoms with Crippen LogP contribution in [0.1, 0.15) is 25.3 Å². The summed E-state index contributed by atoms with van der Waals surface area (Å²) in [7, 11) is -2.90. The number of aryl methyl sites for hydroxylation is 1. The van der Waals surface area contributed by atoms with Gasteiger partial charge in [-0.15, -0.1) is 0 Å². The first-order chi connectivity index (χ1) is 9.93. The highest BCUT2D eigenvalue weighted by Crippen LogP contribution is 2.20. The molecule has 1 aliphatic rings. The first kappa shape index (κ1) is 16.2. The van der Waals surface area contributed by atoms with E-state index in [1.165, 1.54) is 0 Å². The molecule has 116 valence electrons. The van der Waals surface area contributed by atoms with Crippen LogP contribution in [-0.2, 0) is 9.84 Å². The molecule has 0 radical (unpaired) electrons. The van der Waals surface area contributed by atoms with Gasteiger partial charge in [-0.25, -0.2) is 8.42 Å². The molecule has 1 heterocycles. The van der Waals surface area contributed by atoms with Gasteiger partial charge in [-0.3, -0.25) is 0 Å². The standard InChI is InChI=1S/C15H22N2O2S2/c1-3-9-17(13-8-10-21(18,19)11-13)15(20)16-14-7-5-4-6-12(14)2/h4-7,13H,3,8-11H2,1-2H3,(H,16,20)/t13-/m0/s1. The predicted octanol–water partition coefficient (Wildman–Crippen LogP) is 2.59. The van der Waals surface area contributed by atoms with Crippen LogP contribution in [0.5, 0.6) is 0 Å². The molecule has 0 unspecified atom stereocenters. The van der Waals surface area contributed by atoms with Crippen LogP contribution in [0.15, 0.2) is 24.3 Å². The first-order valence-corrected chi connectivity index (χ1v) is 9.49. The summed E-state index contributed by atoms with van der Waals surface area (Å²) >= 11 is 5.51. The zero-order valence-corrected chi connectivity index (χ0v) is 14.1. The summed E-state index contributed by atoms with van der Waals surface area (Å²) in [5, 5.41) is 3.88. The fourth-order valence-electron chi connectivity index (χ4n) is 2.61. The lowest BCUT2D eigenvalue weighted by Crippen LogP contribution is -2.44. The number of nitrogens with zero attached hydrogens (tertiary/aromatic N) is 1. The van der Waals surface area contributed by atoms with Crippen LogP contribution in [0.2, 0.25) is 0 Å². The van der Waals surface area contributed by atoms with E-state index in [0.29, 0.717) is 11.5 Å². The molecule has 21 heavy (non-hydrogen) atoms. The Kier molecular flexibility index (Phi) is 5.22. The Morgan fingerprint density at radius 2 is 2.14 bits per heavy atom. The van der Waals surface area contributed by atoms with Crippen molar-refractivity contribution in [1.29, 1.82) is 0 Å². The lowest BCUT2D eigenvalue weighted by molar-refractivity contribution is 0.339. The molecule has 0 amide bonds. The molecule has 4 nitrogen and oxygen atoms in total. The van der Waals surface area contributed by atoms with Crippen LogP contribution in [0, 0.1) is 6.92 Å². The summed E-state index contributed by atoms with van der Waals surface area (Å²) in [6.07, 6.45) is 1.60. The zero-order valence-electron chi connectivity index (χ0n) is 12.5. The van der Waals surface area contributed by atoms with E-state index in [4.69, 9.17) is 12.2 Å². The van der Waals surface area contributed by atoms with Crippen LogP contribution >= 0.6 is 12.2 Å². The van der Waals surface area contributed by atoms with Gasteiger partial charge in [0, 0.05) is 18.3 Å². The molecule has 6 heteroatoms. The molecular weight excluding hydrogens is 304 g/mol. The third-order valence-electron chi connectivity index (χ3n) is 3.76. The summed E-state index contributed by atoms with van der Waals surface area (Å²) < 4.78 is 23.4. The van der Waals surface area contributed by atoms with E-state index in [0.717, 1.165) is 24.2 Å². The molecule has 0 aliphatic carbocycles. The molecule has 2 rings (SSSR count). The smallest absolute Gasteiger partial charge is 0.173 e. The largest absolute Gasteiger partial charge is 0.345 e. The molecule has 1 aromatic rings. The second kappa shape index (κ2) is 6.75. The number of hydrogen-bond acceptors (Lipinski definition) is 3. The van der Waals surface area contributed by atoms with Gasteiger partial charge in [0.1, 0.15) is 0 Å². The fourth-order valence-corrected chi connectivity index (χ4v) is 4.69. The predicted molar refractivity (Wildman–Crippen MR) is 91.5 cm³/mol. The van der Waals surface area contributed by atoms with Crippen LogP contribution in [0.25, 0.3) is 0 Å². The van der Waals surface area contributed by atoms with Gasteiger partial charge in [0.25, 0.3) is 0 Å². The number of nitrogens with one attached hydrogen (secondary N) is 1. The minimum Gasteiger partial charge on any atom is -0.345 e. The number of thiocarbonyl (C=S) groups is 1. The highest BCUT2D eigenvalue weighted by molar-refractivity contribution is 7.91. The Balaban J connectivity index is 2.11. The van der Waals surface area contributed by atoms with Crippen molar-refractivity contribution in [1.82, 2.24) is 4.90 Å². The van der Waals surface area contributed by atoms with Gasteiger partial charge in [-0.1, -0.05) is 25.1 Å². The van der Waals surface area contributed by atoms with Crippen molar-refractivity contribution in [2.45, 2.75) is 32.7 Å². The van der Waals surface area contributed by atoms with E-state index in [1.54, 1.807) is 0 Å². The molecule has 0 saturated carbocycles. The topological polar surface area (TPSA) is 49.4 Å². The number of hydrogen-bond donors (Lipinski definition) is 1. The van der Waals surface area contributed by atoms with Gasteiger partial charge >= 0.3 is 0 Å². The van der Waals surface area contributed by atoms with Crippen molar-refractivity contribution < 1.29 is 8.42 Å². The monoisotopic (exact) mass is 326 g/mol. The van der Waals surface area contributed by atoms with E-state index >= 15 is 0 Å². The molecule has 0 aromatic heterocycles. The molecule has 1 atom stereocenters. The summed E-state index contributed by atoms with van der Waals surface area (Å²) in [6.45, 7) is 4.87. The van der Waals surface area contributed by atoms with Gasteiger partial charge in [-0.2, -0.15) is 0 Å². The van der Waals surface area contributed by atoms with E-state index in [9.17, 15) is 8.42 Å². The molecule has 1 N–H and O–H groups in total. The zero-order chi connectivity index (χ0) is 15.5. The minimum absolute atomic E-state index is 0.000955. The first-order valence-electron chi connectivity index (χ1n) is 7.26. The van der Waals surface area contributed by atoms with Crippen molar-refractivity contribution in [3.05, 3.63) is 29.8 Å². The highest BCUT2D eigenvalue weighted by Gasteiger charge is 2.33. The number of benzene rings is 1. The van der Waals surface area contributed by atoms with Crippen molar-refractivity contribution >= 4 is 32.9 Å². The van der Waals surface area contributed by atoms with E-state index in [2.05, 4.69) is 12.2 Å². The van der Waals surface area contributed by atoms with E-state index in [-0.39, 0.29) is 17.5 Å². The number of rotatable bonds is 4. The molecule has 1 saturated heterocycles. The highest BCUT2D eigenvalue weighted by atomic mass is 32.2. The van der Waals surface area contributed by atoms with Crippen molar-refractivity contribution in [3.63, 3.8) is 0 Å². The lowest BCUT2D eigenvalue weighted by atomic mass is 10.2. The normalized spacial score (nSPS) is 20.2. The third kappa shape index (κ3) is 4.17. The Morgan fingerprint density at radius 1 is 1.43 bits per heavy atom. The summed E-state index contributed by atoms with van der Waals surface area (Å²) in [6, 6.07) is 7.95. The van der Waals surface area contributed by atoms with Gasteiger partial charge in [0.15, 0.2) is 14.9 Å². The third-order valence-corrected chi connectivity index (χ3v) is 5.85. The average Bonchev–Trinajstić information content (AvgIpc) is 2.78. The van der Waals surface area contributed by atoms with Crippen molar-refractivity contribution in [3.8, 4) is 0 Å². The number of anilines is 1.